The maximum atomic E-state index is 12.1. The third kappa shape index (κ3) is 8.43. The van der Waals surface area contributed by atoms with Gasteiger partial charge in [-0.15, -0.1) is 0 Å². The number of carbonyl (C=O) groups excluding carboxylic acids is 1. The third-order valence-electron chi connectivity index (χ3n) is 5.13. The maximum absolute atomic E-state index is 12.1. The summed E-state index contributed by atoms with van der Waals surface area (Å²) in [7, 11) is 0. The van der Waals surface area contributed by atoms with Crippen molar-refractivity contribution < 1.29 is 30.0 Å². The standard InChI is InChI=1S/C20H34O6/c1-2-3-4-7-14(21)10-11-16-17(19(24)13-18(16)23)12-15(22)8-5-6-9-20(25)26/h10-11,14,16-19,21,23-24H,2-9,12-13H2,1H3,(H,25,26)/t14?,16-,17-,18?,19?/m1/s1. The lowest BCUT2D eigenvalue weighted by atomic mass is 9.87. The van der Waals surface area contributed by atoms with Crippen molar-refractivity contribution in [2.45, 2.75) is 89.4 Å². The van der Waals surface area contributed by atoms with Crippen LogP contribution in [-0.4, -0.2) is 50.5 Å². The molecule has 0 radical (unpaired) electrons. The van der Waals surface area contributed by atoms with Crippen LogP contribution in [0.3, 0.4) is 0 Å². The summed E-state index contributed by atoms with van der Waals surface area (Å²) in [6, 6.07) is 0. The number of unbranched alkanes of at least 4 members (excludes halogenated alkanes) is 3. The van der Waals surface area contributed by atoms with E-state index in [1.54, 1.807) is 12.2 Å². The van der Waals surface area contributed by atoms with Gasteiger partial charge in [-0.1, -0.05) is 38.3 Å². The highest BCUT2D eigenvalue weighted by molar-refractivity contribution is 5.78. The molecule has 0 amide bonds. The van der Waals surface area contributed by atoms with Crippen LogP contribution < -0.4 is 0 Å². The van der Waals surface area contributed by atoms with Gasteiger partial charge in [0.25, 0.3) is 0 Å². The van der Waals surface area contributed by atoms with Crippen molar-refractivity contribution in [2.24, 2.45) is 11.8 Å². The zero-order valence-electron chi connectivity index (χ0n) is 15.7. The number of aliphatic hydroxyl groups is 3. The van der Waals surface area contributed by atoms with Crippen LogP contribution in [0.1, 0.15) is 71.1 Å². The molecule has 1 aliphatic rings. The molecular weight excluding hydrogens is 336 g/mol. The van der Waals surface area contributed by atoms with Gasteiger partial charge in [0.05, 0.1) is 18.3 Å². The molecule has 6 heteroatoms. The van der Waals surface area contributed by atoms with E-state index in [9.17, 15) is 24.9 Å². The second-order valence-corrected chi connectivity index (χ2v) is 7.40. The molecule has 0 aromatic heterocycles. The van der Waals surface area contributed by atoms with Gasteiger partial charge in [0, 0.05) is 37.5 Å². The molecule has 3 unspecified atom stereocenters. The Morgan fingerprint density at radius 1 is 1.08 bits per heavy atom. The number of rotatable bonds is 13. The predicted octanol–water partition coefficient (Wildman–Crippen LogP) is 2.45. The Morgan fingerprint density at radius 3 is 2.42 bits per heavy atom. The van der Waals surface area contributed by atoms with Crippen molar-refractivity contribution in [3.8, 4) is 0 Å². The molecule has 0 heterocycles. The summed E-state index contributed by atoms with van der Waals surface area (Å²) in [6.07, 6.45) is 6.90. The molecule has 150 valence electrons. The number of hydrogen-bond acceptors (Lipinski definition) is 5. The van der Waals surface area contributed by atoms with Gasteiger partial charge in [-0.05, 0) is 19.3 Å². The van der Waals surface area contributed by atoms with Gasteiger partial charge < -0.3 is 20.4 Å². The predicted molar refractivity (Wildman–Crippen MR) is 98.6 cm³/mol. The van der Waals surface area contributed by atoms with Crippen molar-refractivity contribution in [1.29, 1.82) is 0 Å². The minimum absolute atomic E-state index is 0.0181. The van der Waals surface area contributed by atoms with E-state index in [1.165, 1.54) is 0 Å². The number of aliphatic hydroxyl groups excluding tert-OH is 3. The van der Waals surface area contributed by atoms with Crippen molar-refractivity contribution in [1.82, 2.24) is 0 Å². The average molecular weight is 370 g/mol. The summed E-state index contributed by atoms with van der Waals surface area (Å²) in [4.78, 5) is 22.6. The molecule has 26 heavy (non-hydrogen) atoms. The van der Waals surface area contributed by atoms with E-state index in [4.69, 9.17) is 5.11 Å². The minimum Gasteiger partial charge on any atom is -0.481 e. The van der Waals surface area contributed by atoms with Crippen molar-refractivity contribution in [2.75, 3.05) is 0 Å². The summed E-state index contributed by atoms with van der Waals surface area (Å²) in [5.41, 5.74) is 0. The van der Waals surface area contributed by atoms with E-state index >= 15 is 0 Å². The van der Waals surface area contributed by atoms with Crippen LogP contribution in [0.25, 0.3) is 0 Å². The van der Waals surface area contributed by atoms with E-state index < -0.39 is 24.3 Å². The van der Waals surface area contributed by atoms with E-state index in [0.717, 1.165) is 19.3 Å². The summed E-state index contributed by atoms with van der Waals surface area (Å²) < 4.78 is 0. The molecule has 1 saturated carbocycles. The van der Waals surface area contributed by atoms with Gasteiger partial charge in [0.1, 0.15) is 5.78 Å². The molecule has 5 atom stereocenters. The van der Waals surface area contributed by atoms with Gasteiger partial charge >= 0.3 is 5.97 Å². The molecule has 0 aliphatic heterocycles. The second kappa shape index (κ2) is 12.2. The average Bonchev–Trinajstić information content (AvgIpc) is 2.83. The lowest BCUT2D eigenvalue weighted by Gasteiger charge is -2.20. The number of aliphatic carboxylic acids is 1. The molecule has 1 aliphatic carbocycles. The normalized spacial score (nSPS) is 27.1. The Kier molecular flexibility index (Phi) is 10.7. The fourth-order valence-electron chi connectivity index (χ4n) is 3.58. The molecule has 0 aromatic carbocycles. The molecule has 4 N–H and O–H groups in total. The highest BCUT2D eigenvalue weighted by atomic mass is 16.4. The molecule has 1 fully saturated rings. The number of ketones is 1. The number of carbonyl (C=O) groups is 2. The first-order valence-electron chi connectivity index (χ1n) is 9.81. The van der Waals surface area contributed by atoms with Crippen LogP contribution in [0.2, 0.25) is 0 Å². The van der Waals surface area contributed by atoms with Gasteiger partial charge in [-0.3, -0.25) is 9.59 Å². The Hall–Kier alpha value is -1.24. The molecule has 0 spiro atoms. The van der Waals surface area contributed by atoms with E-state index in [0.29, 0.717) is 25.7 Å². The molecule has 0 saturated heterocycles. The highest BCUT2D eigenvalue weighted by Crippen LogP contribution is 2.36. The smallest absolute Gasteiger partial charge is 0.303 e. The van der Waals surface area contributed by atoms with Crippen LogP contribution >= 0.6 is 0 Å². The van der Waals surface area contributed by atoms with Crippen LogP contribution in [0, 0.1) is 11.8 Å². The maximum Gasteiger partial charge on any atom is 0.303 e. The second-order valence-electron chi connectivity index (χ2n) is 7.40. The molecule has 1 rings (SSSR count). The summed E-state index contributed by atoms with van der Waals surface area (Å²) in [5, 5.41) is 39.0. The Balaban J connectivity index is 2.50. The van der Waals surface area contributed by atoms with Gasteiger partial charge in [0.15, 0.2) is 0 Å². The summed E-state index contributed by atoms with van der Waals surface area (Å²) >= 11 is 0. The minimum atomic E-state index is -0.866. The van der Waals surface area contributed by atoms with Gasteiger partial charge in [0.2, 0.25) is 0 Å². The SMILES string of the molecule is CCCCCC(O)C=C[C@H]1C(O)CC(O)[C@@H]1CC(=O)CCCCC(=O)O. The van der Waals surface area contributed by atoms with Crippen molar-refractivity contribution in [3.05, 3.63) is 12.2 Å². The Labute approximate surface area is 155 Å². The first-order chi connectivity index (χ1) is 12.3. The van der Waals surface area contributed by atoms with Crippen LogP contribution in [0.4, 0.5) is 0 Å². The lowest BCUT2D eigenvalue weighted by molar-refractivity contribution is -0.137. The van der Waals surface area contributed by atoms with Crippen LogP contribution in [0.15, 0.2) is 12.2 Å². The molecule has 6 nitrogen and oxygen atoms in total. The zero-order chi connectivity index (χ0) is 19.5. The largest absolute Gasteiger partial charge is 0.481 e. The first-order valence-corrected chi connectivity index (χ1v) is 9.81. The fraction of sp³-hybridized carbons (Fsp3) is 0.800. The quantitative estimate of drug-likeness (QED) is 0.292. The molecular formula is C20H34O6. The molecule has 0 bridgehead atoms. The topological polar surface area (TPSA) is 115 Å². The number of carboxylic acids is 1. The van der Waals surface area contributed by atoms with E-state index in [1.807, 2.05) is 0 Å². The fourth-order valence-corrected chi connectivity index (χ4v) is 3.58. The zero-order valence-corrected chi connectivity index (χ0v) is 15.7. The molecule has 0 aromatic rings. The highest BCUT2D eigenvalue weighted by Gasteiger charge is 2.41. The van der Waals surface area contributed by atoms with Gasteiger partial charge in [-0.2, -0.15) is 0 Å². The number of carboxylic acid groups (broad SMARTS) is 1. The number of Topliss-reactive ketones (excluding diaryl/α,β-unsaturated/α-hetero) is 1. The third-order valence-corrected chi connectivity index (χ3v) is 5.13. The Bertz CT molecular complexity index is 461. The van der Waals surface area contributed by atoms with Crippen LogP contribution in [-0.2, 0) is 9.59 Å². The summed E-state index contributed by atoms with van der Waals surface area (Å²) in [6.45, 7) is 2.10. The lowest BCUT2D eigenvalue weighted by Crippen LogP contribution is -2.24. The van der Waals surface area contributed by atoms with Crippen molar-refractivity contribution in [3.63, 3.8) is 0 Å². The number of hydrogen-bond donors (Lipinski definition) is 4. The van der Waals surface area contributed by atoms with E-state index in [-0.39, 0.29) is 36.9 Å². The Morgan fingerprint density at radius 2 is 1.77 bits per heavy atom. The van der Waals surface area contributed by atoms with E-state index in [2.05, 4.69) is 6.92 Å². The van der Waals surface area contributed by atoms with Crippen molar-refractivity contribution >= 4 is 11.8 Å². The summed E-state index contributed by atoms with van der Waals surface area (Å²) in [5.74, 6) is -1.57. The van der Waals surface area contributed by atoms with Crippen LogP contribution in [0.5, 0.6) is 0 Å². The monoisotopic (exact) mass is 370 g/mol. The van der Waals surface area contributed by atoms with Gasteiger partial charge in [-0.25, -0.2) is 0 Å². The first kappa shape index (κ1) is 22.8.